The molecule has 7 heteroatoms. The summed E-state index contributed by atoms with van der Waals surface area (Å²) in [5.74, 6) is 0.582. The molecule has 36 heavy (non-hydrogen) atoms. The maximum absolute atomic E-state index is 13.7. The summed E-state index contributed by atoms with van der Waals surface area (Å²) in [5.41, 5.74) is 4.07. The molecule has 0 spiro atoms. The van der Waals surface area contributed by atoms with Gasteiger partial charge in [-0.25, -0.2) is 9.37 Å². The molecule has 1 aliphatic heterocycles. The number of anilines is 2. The highest BCUT2D eigenvalue weighted by Gasteiger charge is 2.27. The largest absolute Gasteiger partial charge is 0.384 e. The van der Waals surface area contributed by atoms with E-state index < -0.39 is 0 Å². The second-order valence-electron chi connectivity index (χ2n) is 10.1. The molecule has 2 aromatic carbocycles. The summed E-state index contributed by atoms with van der Waals surface area (Å²) in [4.78, 5) is 19.4. The van der Waals surface area contributed by atoms with E-state index in [0.29, 0.717) is 12.5 Å². The van der Waals surface area contributed by atoms with Crippen LogP contribution in [-0.4, -0.2) is 30.0 Å². The lowest BCUT2D eigenvalue weighted by Gasteiger charge is -2.26. The van der Waals surface area contributed by atoms with Crippen LogP contribution in [0.4, 0.5) is 15.2 Å². The molecule has 1 fully saturated rings. The zero-order valence-corrected chi connectivity index (χ0v) is 21.7. The van der Waals surface area contributed by atoms with Gasteiger partial charge < -0.3 is 16.0 Å². The molecule has 0 bridgehead atoms. The van der Waals surface area contributed by atoms with Gasteiger partial charge in [0.25, 0.3) is 0 Å². The van der Waals surface area contributed by atoms with Crippen LogP contribution in [0.3, 0.4) is 0 Å². The third-order valence-electron chi connectivity index (χ3n) is 7.54. The van der Waals surface area contributed by atoms with Gasteiger partial charge >= 0.3 is 0 Å². The third kappa shape index (κ3) is 5.89. The first-order valence-electron chi connectivity index (χ1n) is 13.2. The quantitative estimate of drug-likeness (QED) is 0.301. The molecular formula is C29H35FN4OS. The van der Waals surface area contributed by atoms with Crippen molar-refractivity contribution in [1.29, 1.82) is 0 Å². The SMILES string of the molecule is Cc1sc(N[C@@H](CC2CCCCC2)C(=O)NCCC2CNc3ccc(F)cc32)nc1-c1ccccc1. The van der Waals surface area contributed by atoms with E-state index in [9.17, 15) is 9.18 Å². The molecule has 2 heterocycles. The van der Waals surface area contributed by atoms with E-state index in [2.05, 4.69) is 35.0 Å². The first-order chi connectivity index (χ1) is 17.6. The molecule has 190 valence electrons. The molecule has 5 nitrogen and oxygen atoms in total. The number of aromatic nitrogens is 1. The highest BCUT2D eigenvalue weighted by Crippen LogP contribution is 2.35. The van der Waals surface area contributed by atoms with E-state index in [0.717, 1.165) is 51.9 Å². The second-order valence-corrected chi connectivity index (χ2v) is 11.3. The van der Waals surface area contributed by atoms with E-state index in [-0.39, 0.29) is 23.7 Å². The van der Waals surface area contributed by atoms with Crippen molar-refractivity contribution in [1.82, 2.24) is 10.3 Å². The molecule has 5 rings (SSSR count). The van der Waals surface area contributed by atoms with Gasteiger partial charge in [-0.1, -0.05) is 62.4 Å². The summed E-state index contributed by atoms with van der Waals surface area (Å²) in [6, 6.07) is 14.8. The number of aryl methyl sites for hydroxylation is 1. The Balaban J connectivity index is 1.24. The fraction of sp³-hybridized carbons (Fsp3) is 0.448. The van der Waals surface area contributed by atoms with Gasteiger partial charge in [0.1, 0.15) is 11.9 Å². The summed E-state index contributed by atoms with van der Waals surface area (Å²) in [5, 5.41) is 10.8. The van der Waals surface area contributed by atoms with E-state index in [4.69, 9.17) is 4.98 Å². The summed E-state index contributed by atoms with van der Waals surface area (Å²) in [6.07, 6.45) is 7.77. The number of carbonyl (C=O) groups excluding carboxylic acids is 1. The number of carbonyl (C=O) groups is 1. The average molecular weight is 507 g/mol. The Kier molecular flexibility index (Phi) is 7.85. The Morgan fingerprint density at radius 2 is 1.97 bits per heavy atom. The molecule has 1 saturated carbocycles. The monoisotopic (exact) mass is 506 g/mol. The minimum atomic E-state index is -0.311. The molecule has 0 saturated heterocycles. The van der Waals surface area contributed by atoms with Crippen molar-refractivity contribution < 1.29 is 9.18 Å². The normalized spacial score (nSPS) is 18.3. The average Bonchev–Trinajstić information content (AvgIpc) is 3.47. The summed E-state index contributed by atoms with van der Waals surface area (Å²) >= 11 is 1.61. The number of thiazole rings is 1. The maximum atomic E-state index is 13.7. The number of amides is 1. The highest BCUT2D eigenvalue weighted by atomic mass is 32.1. The van der Waals surface area contributed by atoms with Crippen molar-refractivity contribution in [3.05, 3.63) is 64.8 Å². The lowest BCUT2D eigenvalue weighted by molar-refractivity contribution is -0.122. The molecule has 1 aromatic heterocycles. The van der Waals surface area contributed by atoms with Gasteiger partial charge in [-0.05, 0) is 49.4 Å². The summed E-state index contributed by atoms with van der Waals surface area (Å²) < 4.78 is 13.7. The summed E-state index contributed by atoms with van der Waals surface area (Å²) in [6.45, 7) is 3.42. The van der Waals surface area contributed by atoms with Crippen LogP contribution in [-0.2, 0) is 4.79 Å². The Bertz CT molecular complexity index is 1180. The molecular weight excluding hydrogens is 471 g/mol. The predicted molar refractivity (Wildman–Crippen MR) is 146 cm³/mol. The van der Waals surface area contributed by atoms with E-state index >= 15 is 0 Å². The number of halogens is 1. The number of rotatable bonds is 9. The fourth-order valence-corrected chi connectivity index (χ4v) is 6.47. The molecule has 2 aliphatic rings. The molecule has 3 aromatic rings. The van der Waals surface area contributed by atoms with Crippen LogP contribution in [0.25, 0.3) is 11.3 Å². The second kappa shape index (κ2) is 11.4. The third-order valence-corrected chi connectivity index (χ3v) is 8.44. The van der Waals surface area contributed by atoms with Crippen LogP contribution in [0.2, 0.25) is 0 Å². The predicted octanol–water partition coefficient (Wildman–Crippen LogP) is 6.72. The van der Waals surface area contributed by atoms with Crippen molar-refractivity contribution in [2.24, 2.45) is 5.92 Å². The maximum Gasteiger partial charge on any atom is 0.242 e. The van der Waals surface area contributed by atoms with Crippen LogP contribution < -0.4 is 16.0 Å². The molecule has 1 aliphatic carbocycles. The Hall–Kier alpha value is -2.93. The number of hydrogen-bond acceptors (Lipinski definition) is 5. The minimum absolute atomic E-state index is 0.0279. The van der Waals surface area contributed by atoms with Gasteiger partial charge in [0.15, 0.2) is 5.13 Å². The van der Waals surface area contributed by atoms with Crippen molar-refractivity contribution in [3.8, 4) is 11.3 Å². The number of fused-ring (bicyclic) bond motifs is 1. The topological polar surface area (TPSA) is 66.1 Å². The Labute approximate surface area is 216 Å². The van der Waals surface area contributed by atoms with E-state index in [1.54, 1.807) is 23.5 Å². The van der Waals surface area contributed by atoms with Crippen LogP contribution in [0, 0.1) is 18.7 Å². The van der Waals surface area contributed by atoms with Crippen molar-refractivity contribution in [3.63, 3.8) is 0 Å². The minimum Gasteiger partial charge on any atom is -0.384 e. The zero-order chi connectivity index (χ0) is 24.9. The Morgan fingerprint density at radius 1 is 1.17 bits per heavy atom. The number of benzene rings is 2. The van der Waals surface area contributed by atoms with Gasteiger partial charge in [-0.15, -0.1) is 11.3 Å². The standard InChI is InChI=1S/C29H35FN4OS/c1-19-27(21-10-6-3-7-11-21)34-29(36-19)33-26(16-20-8-4-2-5-9-20)28(35)31-15-14-22-18-32-25-13-12-23(30)17-24(22)25/h3,6-7,10-13,17,20,22,26,32H,2,4-5,8-9,14-16,18H2,1H3,(H,31,35)(H,33,34)/t22?,26-/m0/s1. The van der Waals surface area contributed by atoms with Gasteiger partial charge in [0, 0.05) is 35.1 Å². The van der Waals surface area contributed by atoms with E-state index in [1.165, 1.54) is 38.2 Å². The molecule has 1 unspecified atom stereocenters. The molecule has 3 N–H and O–H groups in total. The van der Waals surface area contributed by atoms with Crippen molar-refractivity contribution in [2.45, 2.75) is 63.8 Å². The van der Waals surface area contributed by atoms with Gasteiger partial charge in [-0.3, -0.25) is 4.79 Å². The fourth-order valence-electron chi connectivity index (χ4n) is 5.58. The molecule has 0 radical (unpaired) electrons. The lowest BCUT2D eigenvalue weighted by atomic mass is 9.84. The van der Waals surface area contributed by atoms with Gasteiger partial charge in [0.05, 0.1) is 5.69 Å². The van der Waals surface area contributed by atoms with E-state index in [1.807, 2.05) is 18.2 Å². The van der Waals surface area contributed by atoms with Crippen LogP contribution in [0.1, 0.15) is 61.3 Å². The first-order valence-corrected chi connectivity index (χ1v) is 14.0. The highest BCUT2D eigenvalue weighted by molar-refractivity contribution is 7.16. The van der Waals surface area contributed by atoms with Crippen LogP contribution in [0.5, 0.6) is 0 Å². The molecule has 1 amide bonds. The van der Waals surface area contributed by atoms with Crippen molar-refractivity contribution in [2.75, 3.05) is 23.7 Å². The summed E-state index contributed by atoms with van der Waals surface area (Å²) in [7, 11) is 0. The van der Waals surface area contributed by atoms with Crippen LogP contribution in [0.15, 0.2) is 48.5 Å². The Morgan fingerprint density at radius 3 is 2.78 bits per heavy atom. The first kappa shape index (κ1) is 24.8. The molecule has 2 atom stereocenters. The van der Waals surface area contributed by atoms with Crippen LogP contribution >= 0.6 is 11.3 Å². The number of nitrogens with one attached hydrogen (secondary N) is 3. The number of nitrogens with zero attached hydrogens (tertiary/aromatic N) is 1. The van der Waals surface area contributed by atoms with Crippen molar-refractivity contribution >= 4 is 28.1 Å². The smallest absolute Gasteiger partial charge is 0.242 e. The van der Waals surface area contributed by atoms with Gasteiger partial charge in [-0.2, -0.15) is 0 Å². The zero-order valence-electron chi connectivity index (χ0n) is 20.9. The van der Waals surface area contributed by atoms with Gasteiger partial charge in [0.2, 0.25) is 5.91 Å². The lowest BCUT2D eigenvalue weighted by Crippen LogP contribution is -2.41. The number of hydrogen-bond donors (Lipinski definition) is 3.